The summed E-state index contributed by atoms with van der Waals surface area (Å²) in [6.45, 7) is 5.74. The molecule has 1 amide bonds. The van der Waals surface area contributed by atoms with Crippen LogP contribution in [-0.2, 0) is 4.74 Å². The van der Waals surface area contributed by atoms with Crippen molar-refractivity contribution in [3.8, 4) is 17.2 Å². The number of hydrogen-bond donors (Lipinski definition) is 1. The molecular weight excluding hydrogens is 394 g/mol. The summed E-state index contributed by atoms with van der Waals surface area (Å²) < 4.78 is 21.6. The lowest BCUT2D eigenvalue weighted by Crippen LogP contribution is -2.12. The first-order chi connectivity index (χ1) is 13.9. The molecule has 0 fully saturated rings. The molecule has 0 unspecified atom stereocenters. The zero-order valence-electron chi connectivity index (χ0n) is 17.3. The molecule has 29 heavy (non-hydrogen) atoms. The molecule has 0 spiro atoms. The summed E-state index contributed by atoms with van der Waals surface area (Å²) >= 11 is 6.35. The van der Waals surface area contributed by atoms with Gasteiger partial charge in [0.05, 0.1) is 25.3 Å². The molecule has 7 heteroatoms. The summed E-state index contributed by atoms with van der Waals surface area (Å²) in [6.07, 6.45) is 0.896. The fourth-order valence-electron chi connectivity index (χ4n) is 2.47. The van der Waals surface area contributed by atoms with E-state index < -0.39 is 0 Å². The Morgan fingerprint density at radius 1 is 1.03 bits per heavy atom. The maximum absolute atomic E-state index is 12.6. The van der Waals surface area contributed by atoms with Gasteiger partial charge < -0.3 is 24.3 Å². The molecule has 0 saturated heterocycles. The van der Waals surface area contributed by atoms with Gasteiger partial charge in [-0.15, -0.1) is 0 Å². The molecule has 0 aromatic heterocycles. The Hall–Kier alpha value is -2.44. The number of carbonyl (C=O) groups excluding carboxylic acids is 1. The van der Waals surface area contributed by atoms with Crippen LogP contribution >= 0.6 is 11.6 Å². The minimum Gasteiger partial charge on any atom is -0.493 e. The van der Waals surface area contributed by atoms with Crippen molar-refractivity contribution in [2.24, 2.45) is 5.92 Å². The van der Waals surface area contributed by atoms with E-state index in [0.717, 1.165) is 6.42 Å². The van der Waals surface area contributed by atoms with Crippen LogP contribution in [0.5, 0.6) is 17.2 Å². The number of ether oxygens (including phenoxy) is 4. The van der Waals surface area contributed by atoms with Gasteiger partial charge in [-0.2, -0.15) is 0 Å². The highest BCUT2D eigenvalue weighted by Crippen LogP contribution is 2.37. The number of benzene rings is 2. The molecule has 0 heterocycles. The molecule has 2 aromatic carbocycles. The number of carbonyl (C=O) groups is 1. The lowest BCUT2D eigenvalue weighted by atomic mass is 10.1. The van der Waals surface area contributed by atoms with Crippen molar-refractivity contribution < 1.29 is 23.7 Å². The van der Waals surface area contributed by atoms with E-state index in [0.29, 0.717) is 59.3 Å². The molecule has 6 nitrogen and oxygen atoms in total. The van der Waals surface area contributed by atoms with Crippen LogP contribution in [0.3, 0.4) is 0 Å². The lowest BCUT2D eigenvalue weighted by Gasteiger charge is -2.15. The zero-order valence-corrected chi connectivity index (χ0v) is 18.0. The Morgan fingerprint density at radius 2 is 1.76 bits per heavy atom. The molecule has 0 bridgehead atoms. The van der Waals surface area contributed by atoms with Gasteiger partial charge in [-0.25, -0.2) is 0 Å². The molecule has 2 aromatic rings. The monoisotopic (exact) mass is 421 g/mol. The summed E-state index contributed by atoms with van der Waals surface area (Å²) in [7, 11) is 3.14. The first-order valence-electron chi connectivity index (χ1n) is 9.48. The second kappa shape index (κ2) is 11.5. The largest absolute Gasteiger partial charge is 0.493 e. The maximum atomic E-state index is 12.6. The van der Waals surface area contributed by atoms with E-state index in [-0.39, 0.29) is 5.91 Å². The van der Waals surface area contributed by atoms with Gasteiger partial charge in [0.15, 0.2) is 11.5 Å². The van der Waals surface area contributed by atoms with Crippen LogP contribution in [-0.4, -0.2) is 39.9 Å². The molecule has 0 atom stereocenters. The van der Waals surface area contributed by atoms with Crippen LogP contribution in [0.2, 0.25) is 5.02 Å². The maximum Gasteiger partial charge on any atom is 0.255 e. The third kappa shape index (κ3) is 7.15. The van der Waals surface area contributed by atoms with E-state index in [9.17, 15) is 4.79 Å². The van der Waals surface area contributed by atoms with Crippen molar-refractivity contribution >= 4 is 23.2 Å². The number of rotatable bonds is 11. The average molecular weight is 422 g/mol. The van der Waals surface area contributed by atoms with Crippen molar-refractivity contribution in [1.29, 1.82) is 0 Å². The van der Waals surface area contributed by atoms with Crippen molar-refractivity contribution in [3.05, 3.63) is 47.0 Å². The first-order valence-corrected chi connectivity index (χ1v) is 9.85. The summed E-state index contributed by atoms with van der Waals surface area (Å²) in [6, 6.07) is 10.3. The Labute approximate surface area is 177 Å². The fraction of sp³-hybridized carbons (Fsp3) is 0.409. The second-order valence-corrected chi connectivity index (χ2v) is 7.25. The quantitative estimate of drug-likeness (QED) is 0.514. The van der Waals surface area contributed by atoms with Crippen molar-refractivity contribution in [2.45, 2.75) is 20.3 Å². The van der Waals surface area contributed by atoms with Crippen LogP contribution in [0.15, 0.2) is 36.4 Å². The summed E-state index contributed by atoms with van der Waals surface area (Å²) in [5, 5.41) is 3.17. The van der Waals surface area contributed by atoms with E-state index in [1.807, 2.05) is 0 Å². The molecule has 0 aliphatic carbocycles. The summed E-state index contributed by atoms with van der Waals surface area (Å²) in [4.78, 5) is 12.6. The van der Waals surface area contributed by atoms with Gasteiger partial charge in [-0.05, 0) is 48.7 Å². The molecule has 0 radical (unpaired) electrons. The number of hydrogen-bond acceptors (Lipinski definition) is 5. The standard InChI is InChI=1S/C22H28ClNO5/c1-15(2)9-10-29-21-19(23)13-16(14-20(21)27-4)22(25)24-17-5-7-18(8-6-17)28-12-11-26-3/h5-8,13-15H,9-12H2,1-4H3,(H,24,25). The van der Waals surface area contributed by atoms with Crippen LogP contribution in [0.1, 0.15) is 30.6 Å². The first kappa shape index (κ1) is 22.8. The highest BCUT2D eigenvalue weighted by molar-refractivity contribution is 6.32. The number of methoxy groups -OCH3 is 2. The van der Waals surface area contributed by atoms with Crippen molar-refractivity contribution in [1.82, 2.24) is 0 Å². The fourth-order valence-corrected chi connectivity index (χ4v) is 2.73. The third-order valence-electron chi connectivity index (χ3n) is 4.10. The van der Waals surface area contributed by atoms with Gasteiger partial charge in [0, 0.05) is 18.4 Å². The molecule has 0 aliphatic rings. The number of anilines is 1. The van der Waals surface area contributed by atoms with Gasteiger partial charge in [0.25, 0.3) is 5.91 Å². The average Bonchev–Trinajstić information content (AvgIpc) is 2.70. The van der Waals surface area contributed by atoms with Gasteiger partial charge >= 0.3 is 0 Å². The van der Waals surface area contributed by atoms with Crippen molar-refractivity contribution in [2.75, 3.05) is 39.4 Å². The molecule has 158 valence electrons. The highest BCUT2D eigenvalue weighted by Gasteiger charge is 2.16. The van der Waals surface area contributed by atoms with Crippen molar-refractivity contribution in [3.63, 3.8) is 0 Å². The summed E-state index contributed by atoms with van der Waals surface area (Å²) in [5.41, 5.74) is 1.02. The van der Waals surface area contributed by atoms with Crippen LogP contribution in [0.25, 0.3) is 0 Å². The minimum atomic E-state index is -0.299. The van der Waals surface area contributed by atoms with E-state index in [1.54, 1.807) is 43.5 Å². The van der Waals surface area contributed by atoms with Crippen LogP contribution in [0.4, 0.5) is 5.69 Å². The predicted molar refractivity (Wildman–Crippen MR) is 115 cm³/mol. The Kier molecular flexibility index (Phi) is 9.09. The molecular formula is C22H28ClNO5. The Morgan fingerprint density at radius 3 is 2.38 bits per heavy atom. The van der Waals surface area contributed by atoms with Crippen LogP contribution in [0, 0.1) is 5.92 Å². The third-order valence-corrected chi connectivity index (χ3v) is 4.38. The van der Waals surface area contributed by atoms with Gasteiger partial charge in [0.1, 0.15) is 12.4 Å². The molecule has 1 N–H and O–H groups in total. The Balaban J connectivity index is 2.05. The van der Waals surface area contributed by atoms with E-state index in [1.165, 1.54) is 7.11 Å². The van der Waals surface area contributed by atoms with Crippen LogP contribution < -0.4 is 19.5 Å². The normalized spacial score (nSPS) is 10.7. The Bertz CT molecular complexity index is 793. The smallest absolute Gasteiger partial charge is 0.255 e. The predicted octanol–water partition coefficient (Wildman–Crippen LogP) is 5.05. The number of halogens is 1. The van der Waals surface area contributed by atoms with E-state index >= 15 is 0 Å². The van der Waals surface area contributed by atoms with Gasteiger partial charge in [-0.3, -0.25) is 4.79 Å². The number of nitrogens with one attached hydrogen (secondary N) is 1. The minimum absolute atomic E-state index is 0.299. The van der Waals surface area contributed by atoms with E-state index in [4.69, 9.17) is 30.5 Å². The molecule has 0 saturated carbocycles. The van der Waals surface area contributed by atoms with Gasteiger partial charge in [-0.1, -0.05) is 25.4 Å². The molecule has 2 rings (SSSR count). The topological polar surface area (TPSA) is 66.0 Å². The summed E-state index contributed by atoms with van der Waals surface area (Å²) in [5.74, 6) is 1.79. The lowest BCUT2D eigenvalue weighted by molar-refractivity contribution is 0.102. The SMILES string of the molecule is COCCOc1ccc(NC(=O)c2cc(Cl)c(OCCC(C)C)c(OC)c2)cc1. The molecule has 0 aliphatic heterocycles. The van der Waals surface area contributed by atoms with E-state index in [2.05, 4.69) is 19.2 Å². The van der Waals surface area contributed by atoms with Gasteiger partial charge in [0.2, 0.25) is 0 Å². The zero-order chi connectivity index (χ0) is 21.2. The highest BCUT2D eigenvalue weighted by atomic mass is 35.5. The second-order valence-electron chi connectivity index (χ2n) is 6.84. The number of amides is 1.